The summed E-state index contributed by atoms with van der Waals surface area (Å²) in [4.78, 5) is 19.2. The molecular formula is C11H7FN2O. The quantitative estimate of drug-likeness (QED) is 0.698. The first kappa shape index (κ1) is 9.45. The Labute approximate surface area is 85.6 Å². The van der Waals surface area contributed by atoms with E-state index < -0.39 is 11.6 Å². The summed E-state index contributed by atoms with van der Waals surface area (Å²) >= 11 is 0. The minimum Gasteiger partial charge on any atom is -0.285 e. The Morgan fingerprint density at radius 3 is 2.40 bits per heavy atom. The van der Waals surface area contributed by atoms with Crippen LogP contribution >= 0.6 is 0 Å². The number of rotatable bonds is 2. The molecule has 15 heavy (non-hydrogen) atoms. The molecule has 0 unspecified atom stereocenters. The average molecular weight is 202 g/mol. The molecule has 0 amide bonds. The second-order valence-electron chi connectivity index (χ2n) is 2.88. The van der Waals surface area contributed by atoms with Crippen LogP contribution in [0, 0.1) is 5.82 Å². The van der Waals surface area contributed by atoms with E-state index in [1.165, 1.54) is 30.6 Å². The highest BCUT2D eigenvalue weighted by molar-refractivity contribution is 6.06. The number of ketones is 1. The lowest BCUT2D eigenvalue weighted by Crippen LogP contribution is -2.08. The van der Waals surface area contributed by atoms with Gasteiger partial charge < -0.3 is 0 Å². The van der Waals surface area contributed by atoms with E-state index in [9.17, 15) is 9.18 Å². The first-order valence-corrected chi connectivity index (χ1v) is 4.35. The largest absolute Gasteiger partial charge is 0.285 e. The molecule has 2 aromatic rings. The Hall–Kier alpha value is -2.10. The van der Waals surface area contributed by atoms with Crippen LogP contribution in [0.5, 0.6) is 0 Å². The Morgan fingerprint density at radius 2 is 1.73 bits per heavy atom. The SMILES string of the molecule is O=C(c1ncccn1)c1ccccc1F. The van der Waals surface area contributed by atoms with E-state index in [-0.39, 0.29) is 11.4 Å². The van der Waals surface area contributed by atoms with Gasteiger partial charge in [0.2, 0.25) is 11.6 Å². The normalized spacial score (nSPS) is 9.93. The maximum absolute atomic E-state index is 13.2. The summed E-state index contributed by atoms with van der Waals surface area (Å²) < 4.78 is 13.2. The molecule has 0 saturated carbocycles. The van der Waals surface area contributed by atoms with Gasteiger partial charge in [0, 0.05) is 12.4 Å². The van der Waals surface area contributed by atoms with Crippen molar-refractivity contribution in [2.45, 2.75) is 0 Å². The molecule has 0 N–H and O–H groups in total. The zero-order valence-corrected chi connectivity index (χ0v) is 7.72. The lowest BCUT2D eigenvalue weighted by atomic mass is 10.1. The molecule has 1 aromatic carbocycles. The fourth-order valence-electron chi connectivity index (χ4n) is 1.18. The molecule has 1 aromatic heterocycles. The molecule has 4 heteroatoms. The first-order valence-electron chi connectivity index (χ1n) is 4.35. The highest BCUT2D eigenvalue weighted by Gasteiger charge is 2.14. The standard InChI is InChI=1S/C11H7FN2O/c12-9-5-2-1-4-8(9)10(15)11-13-6-3-7-14-11/h1-7H. The van der Waals surface area contributed by atoms with Crippen LogP contribution < -0.4 is 0 Å². The second-order valence-corrected chi connectivity index (χ2v) is 2.88. The van der Waals surface area contributed by atoms with E-state index in [1.807, 2.05) is 0 Å². The van der Waals surface area contributed by atoms with Gasteiger partial charge in [0.05, 0.1) is 5.56 Å². The van der Waals surface area contributed by atoms with Gasteiger partial charge in [-0.15, -0.1) is 0 Å². The molecule has 0 aliphatic heterocycles. The molecule has 0 bridgehead atoms. The summed E-state index contributed by atoms with van der Waals surface area (Å²) in [5.74, 6) is -1.06. The van der Waals surface area contributed by atoms with Crippen molar-refractivity contribution < 1.29 is 9.18 Å². The van der Waals surface area contributed by atoms with Crippen LogP contribution in [0.4, 0.5) is 4.39 Å². The number of carbonyl (C=O) groups is 1. The highest BCUT2D eigenvalue weighted by Crippen LogP contribution is 2.09. The van der Waals surface area contributed by atoms with Crippen LogP contribution in [0.2, 0.25) is 0 Å². The van der Waals surface area contributed by atoms with E-state index in [1.54, 1.807) is 12.1 Å². The summed E-state index contributed by atoms with van der Waals surface area (Å²) in [6.45, 7) is 0. The van der Waals surface area contributed by atoms with Gasteiger partial charge in [0.25, 0.3) is 0 Å². The lowest BCUT2D eigenvalue weighted by Gasteiger charge is -1.99. The van der Waals surface area contributed by atoms with E-state index in [0.717, 1.165) is 0 Å². The van der Waals surface area contributed by atoms with Gasteiger partial charge in [-0.3, -0.25) is 4.79 Å². The summed E-state index contributed by atoms with van der Waals surface area (Å²) in [6.07, 6.45) is 2.89. The third kappa shape index (κ3) is 1.88. The van der Waals surface area contributed by atoms with Crippen molar-refractivity contribution >= 4 is 5.78 Å². The van der Waals surface area contributed by atoms with Gasteiger partial charge in [0.15, 0.2) is 0 Å². The molecule has 1 heterocycles. The van der Waals surface area contributed by atoms with Gasteiger partial charge in [-0.2, -0.15) is 0 Å². The van der Waals surface area contributed by atoms with E-state index in [4.69, 9.17) is 0 Å². The molecule has 0 atom stereocenters. The van der Waals surface area contributed by atoms with Crippen molar-refractivity contribution in [3.05, 3.63) is 59.9 Å². The number of nitrogens with zero attached hydrogens (tertiary/aromatic N) is 2. The molecule has 0 radical (unpaired) electrons. The predicted molar refractivity (Wildman–Crippen MR) is 51.9 cm³/mol. The van der Waals surface area contributed by atoms with Crippen molar-refractivity contribution in [1.82, 2.24) is 9.97 Å². The number of aromatic nitrogens is 2. The van der Waals surface area contributed by atoms with Crippen LogP contribution in [0.1, 0.15) is 16.2 Å². The maximum atomic E-state index is 13.2. The van der Waals surface area contributed by atoms with Crippen molar-refractivity contribution in [2.75, 3.05) is 0 Å². The number of benzene rings is 1. The minimum atomic E-state index is -0.560. The Morgan fingerprint density at radius 1 is 1.07 bits per heavy atom. The van der Waals surface area contributed by atoms with Crippen molar-refractivity contribution in [3.63, 3.8) is 0 Å². The lowest BCUT2D eigenvalue weighted by molar-refractivity contribution is 0.102. The van der Waals surface area contributed by atoms with Crippen LogP contribution in [0.3, 0.4) is 0 Å². The van der Waals surface area contributed by atoms with Crippen molar-refractivity contribution in [1.29, 1.82) is 0 Å². The summed E-state index contributed by atoms with van der Waals surface area (Å²) in [5.41, 5.74) is -0.0105. The molecule has 0 fully saturated rings. The smallest absolute Gasteiger partial charge is 0.233 e. The Kier molecular flexibility index (Phi) is 2.49. The van der Waals surface area contributed by atoms with Gasteiger partial charge in [-0.25, -0.2) is 14.4 Å². The average Bonchev–Trinajstić information content (AvgIpc) is 2.30. The fourth-order valence-corrected chi connectivity index (χ4v) is 1.18. The fraction of sp³-hybridized carbons (Fsp3) is 0. The zero-order chi connectivity index (χ0) is 10.7. The number of carbonyl (C=O) groups excluding carboxylic acids is 1. The van der Waals surface area contributed by atoms with Gasteiger partial charge >= 0.3 is 0 Å². The van der Waals surface area contributed by atoms with Crippen LogP contribution in [0.15, 0.2) is 42.7 Å². The van der Waals surface area contributed by atoms with Crippen LogP contribution in [-0.2, 0) is 0 Å². The van der Waals surface area contributed by atoms with E-state index in [0.29, 0.717) is 0 Å². The monoisotopic (exact) mass is 202 g/mol. The summed E-state index contributed by atoms with van der Waals surface area (Å²) in [5, 5.41) is 0. The molecule has 0 aliphatic carbocycles. The topological polar surface area (TPSA) is 42.9 Å². The van der Waals surface area contributed by atoms with E-state index >= 15 is 0 Å². The molecule has 74 valence electrons. The summed E-state index contributed by atoms with van der Waals surface area (Å²) in [7, 11) is 0. The van der Waals surface area contributed by atoms with Gasteiger partial charge in [0.1, 0.15) is 5.82 Å². The third-order valence-corrected chi connectivity index (χ3v) is 1.89. The Bertz CT molecular complexity index is 485. The van der Waals surface area contributed by atoms with Crippen LogP contribution in [0.25, 0.3) is 0 Å². The third-order valence-electron chi connectivity index (χ3n) is 1.89. The molecule has 0 saturated heterocycles. The van der Waals surface area contributed by atoms with Gasteiger partial charge in [-0.1, -0.05) is 12.1 Å². The zero-order valence-electron chi connectivity index (χ0n) is 7.72. The number of halogens is 1. The maximum Gasteiger partial charge on any atom is 0.233 e. The highest BCUT2D eigenvalue weighted by atomic mass is 19.1. The molecule has 0 spiro atoms. The minimum absolute atomic E-state index is 0.00241. The number of hydrogen-bond donors (Lipinski definition) is 0. The molecule has 3 nitrogen and oxygen atoms in total. The first-order chi connectivity index (χ1) is 7.29. The molecular weight excluding hydrogens is 195 g/mol. The van der Waals surface area contributed by atoms with Crippen molar-refractivity contribution in [3.8, 4) is 0 Å². The van der Waals surface area contributed by atoms with Gasteiger partial charge in [-0.05, 0) is 18.2 Å². The molecule has 0 aliphatic rings. The van der Waals surface area contributed by atoms with Crippen LogP contribution in [-0.4, -0.2) is 15.8 Å². The van der Waals surface area contributed by atoms with Crippen molar-refractivity contribution in [2.24, 2.45) is 0 Å². The predicted octanol–water partition coefficient (Wildman–Crippen LogP) is 1.85. The number of hydrogen-bond acceptors (Lipinski definition) is 3. The summed E-state index contributed by atoms with van der Waals surface area (Å²) in [6, 6.07) is 7.36. The Balaban J connectivity index is 2.42. The second kappa shape index (κ2) is 3.96. The van der Waals surface area contributed by atoms with E-state index in [2.05, 4.69) is 9.97 Å². The molecule has 2 rings (SSSR count).